The Labute approximate surface area is 125 Å². The van der Waals surface area contributed by atoms with Gasteiger partial charge in [-0.3, -0.25) is 0 Å². The number of hydrogen-bond donors (Lipinski definition) is 0. The number of rotatable bonds is 1. The summed E-state index contributed by atoms with van der Waals surface area (Å²) in [5, 5.41) is 0. The summed E-state index contributed by atoms with van der Waals surface area (Å²) < 4.78 is 1.06. The molecule has 0 N–H and O–H groups in total. The van der Waals surface area contributed by atoms with Crippen molar-refractivity contribution in [2.24, 2.45) is 0 Å². The zero-order valence-electron chi connectivity index (χ0n) is 10.7. The van der Waals surface area contributed by atoms with Crippen molar-refractivity contribution in [2.75, 3.05) is 0 Å². The zero-order valence-corrected chi connectivity index (χ0v) is 12.3. The minimum Gasteiger partial charge on any atom is -0.236 e. The summed E-state index contributed by atoms with van der Waals surface area (Å²) in [4.78, 5) is 9.26. The highest BCUT2D eigenvalue weighted by Crippen LogP contribution is 2.35. The second kappa shape index (κ2) is 4.53. The first-order valence-electron chi connectivity index (χ1n) is 6.51. The third-order valence-electron chi connectivity index (χ3n) is 3.64. The summed E-state index contributed by atoms with van der Waals surface area (Å²) in [7, 11) is 0. The van der Waals surface area contributed by atoms with Gasteiger partial charge in [0.15, 0.2) is 5.82 Å². The number of aromatic nitrogens is 2. The van der Waals surface area contributed by atoms with Gasteiger partial charge < -0.3 is 0 Å². The van der Waals surface area contributed by atoms with Crippen LogP contribution in [0.5, 0.6) is 0 Å². The van der Waals surface area contributed by atoms with Crippen LogP contribution in [0.3, 0.4) is 0 Å². The van der Waals surface area contributed by atoms with E-state index in [4.69, 9.17) is 4.98 Å². The van der Waals surface area contributed by atoms with Crippen LogP contribution < -0.4 is 0 Å². The molecule has 0 saturated heterocycles. The predicted octanol–water partition coefficient (Wildman–Crippen LogP) is 4.48. The molecule has 2 aromatic carbocycles. The van der Waals surface area contributed by atoms with Crippen molar-refractivity contribution in [3.63, 3.8) is 0 Å². The molecule has 0 saturated carbocycles. The van der Waals surface area contributed by atoms with Crippen LogP contribution in [0.1, 0.15) is 11.3 Å². The molecule has 4 rings (SSSR count). The summed E-state index contributed by atoms with van der Waals surface area (Å²) in [6, 6.07) is 16.5. The monoisotopic (exact) mass is 322 g/mol. The quantitative estimate of drug-likeness (QED) is 0.516. The van der Waals surface area contributed by atoms with Crippen LogP contribution in [-0.4, -0.2) is 9.97 Å². The highest BCUT2D eigenvalue weighted by Gasteiger charge is 2.20. The number of hydrogen-bond acceptors (Lipinski definition) is 2. The number of benzene rings is 2. The second-order valence-corrected chi connectivity index (χ2v) is 5.81. The molecular weight excluding hydrogens is 312 g/mol. The van der Waals surface area contributed by atoms with Crippen molar-refractivity contribution in [3.8, 4) is 22.5 Å². The lowest BCUT2D eigenvalue weighted by molar-refractivity contribution is 1.07. The Morgan fingerprint density at radius 2 is 1.70 bits per heavy atom. The van der Waals surface area contributed by atoms with Gasteiger partial charge >= 0.3 is 0 Å². The van der Waals surface area contributed by atoms with E-state index in [-0.39, 0.29) is 0 Å². The molecule has 0 bridgehead atoms. The van der Waals surface area contributed by atoms with Crippen molar-refractivity contribution < 1.29 is 0 Å². The third kappa shape index (κ3) is 1.86. The fourth-order valence-electron chi connectivity index (χ4n) is 2.63. The molecule has 0 atom stereocenters. The zero-order chi connectivity index (χ0) is 13.5. The van der Waals surface area contributed by atoms with Gasteiger partial charge in [-0.05, 0) is 23.3 Å². The molecule has 96 valence electrons. The maximum absolute atomic E-state index is 4.74. The van der Waals surface area contributed by atoms with Gasteiger partial charge in [0.1, 0.15) is 0 Å². The van der Waals surface area contributed by atoms with Gasteiger partial charge in [0, 0.05) is 28.2 Å². The summed E-state index contributed by atoms with van der Waals surface area (Å²) in [6.07, 6.45) is 2.85. The Balaban J connectivity index is 1.80. The standard InChI is InChI=1S/C17H11BrN2/c18-13-7-5-11(6-8-13)17-19-10-15-14-4-2-1-3-12(14)9-16(15)20-17/h1-8,10H,9H2. The number of halogens is 1. The molecular formula is C17H11BrN2. The van der Waals surface area contributed by atoms with Crippen LogP contribution in [0, 0.1) is 0 Å². The average molecular weight is 323 g/mol. The smallest absolute Gasteiger partial charge is 0.159 e. The molecule has 0 radical (unpaired) electrons. The molecule has 3 aromatic rings. The topological polar surface area (TPSA) is 25.8 Å². The van der Waals surface area contributed by atoms with Crippen LogP contribution in [0.2, 0.25) is 0 Å². The van der Waals surface area contributed by atoms with Crippen LogP contribution in [0.4, 0.5) is 0 Å². The molecule has 0 spiro atoms. The molecule has 1 aromatic heterocycles. The molecule has 1 heterocycles. The molecule has 1 aliphatic rings. The SMILES string of the molecule is Brc1ccc(-c2ncc3c(n2)Cc2ccccc2-3)cc1. The number of nitrogens with zero attached hydrogens (tertiary/aromatic N) is 2. The molecule has 20 heavy (non-hydrogen) atoms. The fourth-order valence-corrected chi connectivity index (χ4v) is 2.90. The van der Waals surface area contributed by atoms with Crippen molar-refractivity contribution >= 4 is 15.9 Å². The predicted molar refractivity (Wildman–Crippen MR) is 83.4 cm³/mol. The average Bonchev–Trinajstić information content (AvgIpc) is 2.85. The van der Waals surface area contributed by atoms with E-state index in [2.05, 4.69) is 45.2 Å². The molecule has 0 fully saturated rings. The Hall–Kier alpha value is -2.00. The first kappa shape index (κ1) is 11.8. The van der Waals surface area contributed by atoms with E-state index in [1.807, 2.05) is 30.5 Å². The van der Waals surface area contributed by atoms with Gasteiger partial charge in [-0.15, -0.1) is 0 Å². The minimum atomic E-state index is 0.795. The second-order valence-electron chi connectivity index (χ2n) is 4.89. The Bertz CT molecular complexity index is 794. The normalized spacial score (nSPS) is 12.1. The van der Waals surface area contributed by atoms with Gasteiger partial charge in [-0.1, -0.05) is 52.3 Å². The molecule has 0 aliphatic heterocycles. The highest BCUT2D eigenvalue weighted by atomic mass is 79.9. The van der Waals surface area contributed by atoms with Gasteiger partial charge in [0.05, 0.1) is 5.69 Å². The first-order chi connectivity index (χ1) is 9.81. The van der Waals surface area contributed by atoms with E-state index in [0.29, 0.717) is 0 Å². The lowest BCUT2D eigenvalue weighted by Gasteiger charge is -2.04. The lowest BCUT2D eigenvalue weighted by atomic mass is 10.1. The van der Waals surface area contributed by atoms with Crippen LogP contribution in [-0.2, 0) is 6.42 Å². The van der Waals surface area contributed by atoms with Crippen LogP contribution in [0.25, 0.3) is 22.5 Å². The lowest BCUT2D eigenvalue weighted by Crippen LogP contribution is -1.94. The van der Waals surface area contributed by atoms with E-state index >= 15 is 0 Å². The summed E-state index contributed by atoms with van der Waals surface area (Å²) >= 11 is 3.45. The highest BCUT2D eigenvalue weighted by molar-refractivity contribution is 9.10. The minimum absolute atomic E-state index is 0.795. The fraction of sp³-hybridized carbons (Fsp3) is 0.0588. The third-order valence-corrected chi connectivity index (χ3v) is 4.16. The van der Waals surface area contributed by atoms with E-state index in [1.54, 1.807) is 0 Å². The molecule has 1 aliphatic carbocycles. The molecule has 0 unspecified atom stereocenters. The summed E-state index contributed by atoms with van der Waals surface area (Å²) in [6.45, 7) is 0. The van der Waals surface area contributed by atoms with Crippen molar-refractivity contribution in [1.82, 2.24) is 9.97 Å². The Kier molecular flexibility index (Phi) is 2.67. The van der Waals surface area contributed by atoms with Crippen LogP contribution in [0.15, 0.2) is 59.2 Å². The Morgan fingerprint density at radius 1 is 0.900 bits per heavy atom. The van der Waals surface area contributed by atoms with Crippen molar-refractivity contribution in [3.05, 3.63) is 70.5 Å². The van der Waals surface area contributed by atoms with E-state index in [1.165, 1.54) is 16.7 Å². The number of fused-ring (bicyclic) bond motifs is 3. The molecule has 0 amide bonds. The Morgan fingerprint density at radius 3 is 2.55 bits per heavy atom. The van der Waals surface area contributed by atoms with Crippen molar-refractivity contribution in [2.45, 2.75) is 6.42 Å². The summed E-state index contributed by atoms with van der Waals surface area (Å²) in [5.74, 6) is 0.795. The van der Waals surface area contributed by atoms with Gasteiger partial charge in [-0.2, -0.15) is 0 Å². The van der Waals surface area contributed by atoms with Crippen molar-refractivity contribution in [1.29, 1.82) is 0 Å². The van der Waals surface area contributed by atoms with Gasteiger partial charge in [-0.25, -0.2) is 9.97 Å². The van der Waals surface area contributed by atoms with Gasteiger partial charge in [0.25, 0.3) is 0 Å². The first-order valence-corrected chi connectivity index (χ1v) is 7.31. The van der Waals surface area contributed by atoms with Gasteiger partial charge in [0.2, 0.25) is 0 Å². The van der Waals surface area contributed by atoms with Crippen LogP contribution >= 0.6 is 15.9 Å². The van der Waals surface area contributed by atoms with E-state index in [9.17, 15) is 0 Å². The molecule has 3 heteroatoms. The largest absolute Gasteiger partial charge is 0.236 e. The van der Waals surface area contributed by atoms with E-state index < -0.39 is 0 Å². The summed E-state index contributed by atoms with van der Waals surface area (Å²) in [5.41, 5.74) is 5.95. The maximum Gasteiger partial charge on any atom is 0.159 e. The van der Waals surface area contributed by atoms with E-state index in [0.717, 1.165) is 28.0 Å². The maximum atomic E-state index is 4.74. The molecule has 2 nitrogen and oxygen atoms in total.